The predicted molar refractivity (Wildman–Crippen MR) is 92.8 cm³/mol. The first-order valence-corrected chi connectivity index (χ1v) is 7.91. The van der Waals surface area contributed by atoms with Gasteiger partial charge in [-0.25, -0.2) is 4.98 Å². The number of fused-ring (bicyclic) bond motifs is 1. The van der Waals surface area contributed by atoms with E-state index in [0.717, 1.165) is 16.7 Å². The minimum atomic E-state index is 0.0171. The fourth-order valence-corrected chi connectivity index (χ4v) is 2.35. The lowest BCUT2D eigenvalue weighted by Crippen LogP contribution is -2.12. The van der Waals surface area contributed by atoms with Gasteiger partial charge >= 0.3 is 0 Å². The molecule has 0 saturated heterocycles. The summed E-state index contributed by atoms with van der Waals surface area (Å²) < 4.78 is 2.00. The number of aromatic nitrogens is 5. The second-order valence-electron chi connectivity index (χ2n) is 5.68. The normalized spacial score (nSPS) is 11.2. The maximum Gasteiger partial charge on any atom is 0.226 e. The summed E-state index contributed by atoms with van der Waals surface area (Å²) in [5, 5.41) is 15.3. The summed E-state index contributed by atoms with van der Waals surface area (Å²) in [7, 11) is 0. The maximum absolute atomic E-state index is 9.01. The Morgan fingerprint density at radius 1 is 1.25 bits per heavy atom. The van der Waals surface area contributed by atoms with Crippen LogP contribution in [0.3, 0.4) is 0 Å². The number of aliphatic hydroxyl groups is 1. The number of nitrogens with zero attached hydrogens (tertiary/aromatic N) is 5. The second kappa shape index (κ2) is 7.22. The van der Waals surface area contributed by atoms with Gasteiger partial charge in [0.15, 0.2) is 17.0 Å². The van der Waals surface area contributed by atoms with E-state index in [9.17, 15) is 0 Å². The lowest BCUT2D eigenvalue weighted by molar-refractivity contribution is 0.311. The minimum Gasteiger partial charge on any atom is -0.395 e. The number of nitrogens with one attached hydrogen (secondary N) is 2. The van der Waals surface area contributed by atoms with Gasteiger partial charge in [0.1, 0.15) is 0 Å². The molecule has 3 N–H and O–H groups in total. The molecule has 0 bridgehead atoms. The summed E-state index contributed by atoms with van der Waals surface area (Å²) in [5.41, 5.74) is 2.54. The summed E-state index contributed by atoms with van der Waals surface area (Å²) in [4.78, 5) is 17.6. The van der Waals surface area contributed by atoms with Gasteiger partial charge in [-0.2, -0.15) is 9.97 Å². The Morgan fingerprint density at radius 3 is 2.83 bits per heavy atom. The standard InChI is InChI=1S/C16H21N7O/c1-11(2)23-10-20-13-14(19-9-12-4-3-5-17-8-12)21-16(18-6-7-24)22-15(13)23/h3-5,8,10-11,24H,6-7,9H2,1-2H3,(H2,18,19,21,22). The van der Waals surface area contributed by atoms with Crippen LogP contribution >= 0.6 is 0 Å². The lowest BCUT2D eigenvalue weighted by atomic mass is 10.3. The molecule has 8 nitrogen and oxygen atoms in total. The monoisotopic (exact) mass is 327 g/mol. The number of imidazole rings is 1. The van der Waals surface area contributed by atoms with Gasteiger partial charge in [-0.3, -0.25) is 4.98 Å². The largest absolute Gasteiger partial charge is 0.395 e. The fraction of sp³-hybridized carbons (Fsp3) is 0.375. The molecule has 8 heteroatoms. The molecular weight excluding hydrogens is 306 g/mol. The Labute approximate surface area is 140 Å². The Morgan fingerprint density at radius 2 is 2.12 bits per heavy atom. The van der Waals surface area contributed by atoms with Gasteiger partial charge in [0.25, 0.3) is 0 Å². The van der Waals surface area contributed by atoms with E-state index in [-0.39, 0.29) is 12.6 Å². The molecule has 0 spiro atoms. The zero-order valence-corrected chi connectivity index (χ0v) is 13.8. The van der Waals surface area contributed by atoms with Gasteiger partial charge < -0.3 is 20.3 Å². The van der Waals surface area contributed by atoms with Crippen molar-refractivity contribution in [3.8, 4) is 0 Å². The lowest BCUT2D eigenvalue weighted by Gasteiger charge is -2.11. The Balaban J connectivity index is 1.94. The second-order valence-corrected chi connectivity index (χ2v) is 5.68. The van der Waals surface area contributed by atoms with E-state index >= 15 is 0 Å². The van der Waals surface area contributed by atoms with Crippen molar-refractivity contribution in [2.24, 2.45) is 0 Å². The number of hydrogen-bond donors (Lipinski definition) is 3. The summed E-state index contributed by atoms with van der Waals surface area (Å²) in [6.45, 7) is 5.15. The van der Waals surface area contributed by atoms with E-state index < -0.39 is 0 Å². The molecule has 0 atom stereocenters. The highest BCUT2D eigenvalue weighted by molar-refractivity contribution is 5.84. The molecule has 0 aromatic carbocycles. The molecule has 3 aromatic heterocycles. The van der Waals surface area contributed by atoms with Gasteiger partial charge in [0.05, 0.1) is 12.9 Å². The van der Waals surface area contributed by atoms with E-state index in [0.29, 0.717) is 24.9 Å². The van der Waals surface area contributed by atoms with E-state index in [1.165, 1.54) is 0 Å². The van der Waals surface area contributed by atoms with Gasteiger partial charge in [-0.15, -0.1) is 0 Å². The molecule has 0 saturated carbocycles. The molecule has 24 heavy (non-hydrogen) atoms. The van der Waals surface area contributed by atoms with Gasteiger partial charge in [-0.05, 0) is 25.5 Å². The highest BCUT2D eigenvalue weighted by Gasteiger charge is 2.14. The number of pyridine rings is 1. The molecule has 0 aliphatic rings. The first-order valence-electron chi connectivity index (χ1n) is 7.91. The molecule has 0 aliphatic carbocycles. The number of hydrogen-bond acceptors (Lipinski definition) is 7. The number of rotatable bonds is 7. The number of anilines is 2. The average molecular weight is 327 g/mol. The first-order chi connectivity index (χ1) is 11.7. The van der Waals surface area contributed by atoms with Crippen molar-refractivity contribution in [3.05, 3.63) is 36.4 Å². The van der Waals surface area contributed by atoms with E-state index in [2.05, 4.69) is 44.4 Å². The fourth-order valence-electron chi connectivity index (χ4n) is 2.35. The summed E-state index contributed by atoms with van der Waals surface area (Å²) in [6, 6.07) is 4.13. The van der Waals surface area contributed by atoms with Crippen molar-refractivity contribution in [1.29, 1.82) is 0 Å². The van der Waals surface area contributed by atoms with E-state index in [4.69, 9.17) is 5.11 Å². The van der Waals surface area contributed by atoms with Crippen molar-refractivity contribution in [2.75, 3.05) is 23.8 Å². The molecule has 3 heterocycles. The third-order valence-electron chi connectivity index (χ3n) is 3.56. The third kappa shape index (κ3) is 3.43. The van der Waals surface area contributed by atoms with Crippen molar-refractivity contribution in [2.45, 2.75) is 26.4 Å². The Bertz CT molecular complexity index is 801. The highest BCUT2D eigenvalue weighted by atomic mass is 16.3. The van der Waals surface area contributed by atoms with Crippen LogP contribution in [-0.4, -0.2) is 42.8 Å². The highest BCUT2D eigenvalue weighted by Crippen LogP contribution is 2.23. The molecule has 0 unspecified atom stereocenters. The van der Waals surface area contributed by atoms with Crippen LogP contribution in [0.2, 0.25) is 0 Å². The minimum absolute atomic E-state index is 0.0171. The summed E-state index contributed by atoms with van der Waals surface area (Å²) in [6.07, 6.45) is 5.33. The summed E-state index contributed by atoms with van der Waals surface area (Å²) in [5.74, 6) is 1.12. The van der Waals surface area contributed by atoms with Crippen molar-refractivity contribution < 1.29 is 5.11 Å². The van der Waals surface area contributed by atoms with Crippen molar-refractivity contribution in [3.63, 3.8) is 0 Å². The summed E-state index contributed by atoms with van der Waals surface area (Å²) >= 11 is 0. The molecule has 0 aliphatic heterocycles. The molecule has 0 fully saturated rings. The first kappa shape index (κ1) is 16.1. The SMILES string of the molecule is CC(C)n1cnc2c(NCc3cccnc3)nc(NCCO)nc21. The van der Waals surface area contributed by atoms with Crippen LogP contribution in [0.15, 0.2) is 30.9 Å². The van der Waals surface area contributed by atoms with Gasteiger partial charge in [0.2, 0.25) is 5.95 Å². The number of aliphatic hydroxyl groups excluding tert-OH is 1. The average Bonchev–Trinajstić information content (AvgIpc) is 3.03. The topological polar surface area (TPSA) is 101 Å². The van der Waals surface area contributed by atoms with Crippen molar-refractivity contribution in [1.82, 2.24) is 24.5 Å². The Hall–Kier alpha value is -2.74. The molecular formula is C16H21N7O. The van der Waals surface area contributed by atoms with Crippen LogP contribution in [-0.2, 0) is 6.54 Å². The molecule has 3 aromatic rings. The molecule has 0 amide bonds. The third-order valence-corrected chi connectivity index (χ3v) is 3.56. The van der Waals surface area contributed by atoms with Crippen LogP contribution in [0.4, 0.5) is 11.8 Å². The Kier molecular flexibility index (Phi) is 4.85. The maximum atomic E-state index is 9.01. The van der Waals surface area contributed by atoms with Gasteiger partial charge in [-0.1, -0.05) is 6.07 Å². The van der Waals surface area contributed by atoms with Crippen LogP contribution in [0.25, 0.3) is 11.2 Å². The van der Waals surface area contributed by atoms with Gasteiger partial charge in [0, 0.05) is 31.5 Å². The van der Waals surface area contributed by atoms with E-state index in [1.807, 2.05) is 22.9 Å². The zero-order valence-electron chi connectivity index (χ0n) is 13.8. The predicted octanol–water partition coefficient (Wildman–Crippen LogP) is 1.82. The molecule has 126 valence electrons. The zero-order chi connectivity index (χ0) is 16.9. The quantitative estimate of drug-likeness (QED) is 0.608. The van der Waals surface area contributed by atoms with Crippen LogP contribution in [0.5, 0.6) is 0 Å². The van der Waals surface area contributed by atoms with Crippen LogP contribution < -0.4 is 10.6 Å². The smallest absolute Gasteiger partial charge is 0.226 e. The van der Waals surface area contributed by atoms with E-state index in [1.54, 1.807) is 12.5 Å². The molecule has 3 rings (SSSR count). The van der Waals surface area contributed by atoms with Crippen molar-refractivity contribution >= 4 is 22.9 Å². The van der Waals surface area contributed by atoms with Crippen LogP contribution in [0.1, 0.15) is 25.5 Å². The molecule has 0 radical (unpaired) electrons. The van der Waals surface area contributed by atoms with Crippen LogP contribution in [0, 0.1) is 0 Å².